The van der Waals surface area contributed by atoms with Crippen LogP contribution in [0.5, 0.6) is 0 Å². The summed E-state index contributed by atoms with van der Waals surface area (Å²) in [6, 6.07) is 5.71. The number of benzene rings is 1. The predicted molar refractivity (Wildman–Crippen MR) is 160 cm³/mol. The molecule has 1 aromatic heterocycles. The highest BCUT2D eigenvalue weighted by Gasteiger charge is 2.40. The van der Waals surface area contributed by atoms with Gasteiger partial charge in [0.15, 0.2) is 0 Å². The molecule has 1 aliphatic carbocycles. The molecule has 0 saturated heterocycles. The lowest BCUT2D eigenvalue weighted by Crippen LogP contribution is -2.47. The number of halogens is 7. The van der Waals surface area contributed by atoms with Crippen molar-refractivity contribution in [3.05, 3.63) is 40.0 Å². The van der Waals surface area contributed by atoms with Gasteiger partial charge in [0.05, 0.1) is 22.1 Å². The van der Waals surface area contributed by atoms with E-state index in [9.17, 15) is 35.9 Å². The van der Waals surface area contributed by atoms with E-state index < -0.39 is 30.3 Å². The highest BCUT2D eigenvalue weighted by atomic mass is 79.9. The Labute approximate surface area is 268 Å². The minimum atomic E-state index is -5.08. The van der Waals surface area contributed by atoms with Crippen molar-refractivity contribution in [2.24, 2.45) is 17.6 Å². The number of carbonyl (C=O) groups is 4. The van der Waals surface area contributed by atoms with Crippen LogP contribution in [0, 0.1) is 11.8 Å². The largest absolute Gasteiger partial charge is 0.490 e. The smallest absolute Gasteiger partial charge is 0.475 e. The Morgan fingerprint density at radius 1 is 1.02 bits per heavy atom. The molecule has 0 bridgehead atoms. The number of rotatable bonds is 5. The van der Waals surface area contributed by atoms with Crippen LogP contribution in [0.1, 0.15) is 43.6 Å². The van der Waals surface area contributed by atoms with Gasteiger partial charge < -0.3 is 20.8 Å². The molecule has 1 aromatic carbocycles. The Balaban J connectivity index is 0.000000440. The number of amides is 1. The van der Waals surface area contributed by atoms with Crippen LogP contribution in [0.2, 0.25) is 0 Å². The van der Waals surface area contributed by atoms with Crippen molar-refractivity contribution < 1.29 is 55.7 Å². The number of carboxylic acid groups (broad SMARTS) is 2. The predicted octanol–water partition coefficient (Wildman–Crippen LogP) is 5.03. The van der Waals surface area contributed by atoms with Crippen LogP contribution in [0.4, 0.5) is 26.3 Å². The Kier molecular flexibility index (Phi) is 12.6. The maximum atomic E-state index is 13.3. The first-order valence-corrected chi connectivity index (χ1v) is 14.8. The van der Waals surface area contributed by atoms with Crippen LogP contribution < -0.4 is 5.73 Å². The van der Waals surface area contributed by atoms with E-state index in [1.807, 2.05) is 44.7 Å². The molecule has 0 saturated carbocycles. The number of aromatic nitrogens is 1. The van der Waals surface area contributed by atoms with Gasteiger partial charge in [-0.15, -0.1) is 0 Å². The van der Waals surface area contributed by atoms with Gasteiger partial charge in [0.2, 0.25) is 11.8 Å². The first-order chi connectivity index (χ1) is 21.1. The number of likely N-dealkylation sites (N-methyl/N-ethyl adjacent to an activating group) is 1. The third-order valence-corrected chi connectivity index (χ3v) is 8.43. The minimum absolute atomic E-state index is 0.0480. The Morgan fingerprint density at radius 3 is 1.96 bits per heavy atom. The highest BCUT2D eigenvalue weighted by Crippen LogP contribution is 2.45. The van der Waals surface area contributed by atoms with Gasteiger partial charge in [-0.25, -0.2) is 9.59 Å². The van der Waals surface area contributed by atoms with Crippen LogP contribution in [0.15, 0.2) is 28.9 Å². The van der Waals surface area contributed by atoms with E-state index >= 15 is 0 Å². The lowest BCUT2D eigenvalue weighted by atomic mass is 9.79. The van der Waals surface area contributed by atoms with Gasteiger partial charge in [-0.1, -0.05) is 32.1 Å². The molecule has 0 spiro atoms. The fourth-order valence-corrected chi connectivity index (χ4v) is 5.89. The topological polar surface area (TPSA) is 146 Å². The molecule has 4 rings (SSSR count). The molecule has 2 aromatic rings. The Morgan fingerprint density at radius 2 is 1.52 bits per heavy atom. The number of carbonyl (C=O) groups excluding carboxylic acids is 2. The number of fused-ring (bicyclic) bond motifs is 2. The summed E-state index contributed by atoms with van der Waals surface area (Å²) in [5.41, 5.74) is 10.6. The summed E-state index contributed by atoms with van der Waals surface area (Å²) in [5.74, 6) is -5.54. The molecular weight excluding hydrogens is 694 g/mol. The zero-order valence-corrected chi connectivity index (χ0v) is 27.1. The zero-order valence-electron chi connectivity index (χ0n) is 25.5. The molecule has 17 heteroatoms. The number of carboxylic acids is 2. The lowest BCUT2D eigenvalue weighted by Gasteiger charge is -2.40. The SMILES string of the molecule is CCN(CC)C(=O)[C@@H]1C=C2c3cccc4c3c(c(Br)n4C(=O)[C@@H](N)C(C)C)C[C@H]2N(C)C1.O=C(O)C(F)(F)F.O=C(O)C(F)(F)F. The average Bonchev–Trinajstić information content (AvgIpc) is 3.24. The summed E-state index contributed by atoms with van der Waals surface area (Å²) in [7, 11) is 2.09. The third kappa shape index (κ3) is 8.47. The second kappa shape index (κ2) is 15.0. The fraction of sp³-hybridized carbons (Fsp3) is 0.517. The summed E-state index contributed by atoms with van der Waals surface area (Å²) in [4.78, 5) is 48.4. The molecule has 256 valence electrons. The maximum Gasteiger partial charge on any atom is 0.490 e. The van der Waals surface area contributed by atoms with Gasteiger partial charge in [-0.3, -0.25) is 19.1 Å². The molecule has 2 aliphatic rings. The van der Waals surface area contributed by atoms with Gasteiger partial charge in [0.1, 0.15) is 0 Å². The van der Waals surface area contributed by atoms with Crippen molar-refractivity contribution in [1.82, 2.24) is 14.4 Å². The molecule has 4 N–H and O–H groups in total. The monoisotopic (exact) mass is 728 g/mol. The summed E-state index contributed by atoms with van der Waals surface area (Å²) in [6.07, 6.45) is -7.20. The van der Waals surface area contributed by atoms with Crippen molar-refractivity contribution in [2.45, 2.75) is 58.6 Å². The van der Waals surface area contributed by atoms with Crippen LogP contribution in [0.3, 0.4) is 0 Å². The standard InChI is InChI=1S/C25H33BrN4O2.2C2HF3O2/c1-6-29(7-2)24(31)15-11-17-16-9-8-10-19-21(16)18(12-20(17)28(5)13-15)23(26)30(19)25(32)22(27)14(3)4;2*3-2(4,5)1(6)7/h8-11,14-15,20,22H,6-7,12-13,27H2,1-5H3;2*(H,6,7)/t15-,20-,22+;;/m1../s1. The second-order valence-corrected chi connectivity index (χ2v) is 11.7. The second-order valence-electron chi connectivity index (χ2n) is 10.9. The van der Waals surface area contributed by atoms with Gasteiger partial charge in [0.25, 0.3) is 0 Å². The van der Waals surface area contributed by atoms with Crippen LogP contribution in [-0.4, -0.2) is 99.5 Å². The zero-order chi connectivity index (χ0) is 35.5. The molecule has 0 radical (unpaired) electrons. The first-order valence-electron chi connectivity index (χ1n) is 14.0. The molecule has 3 atom stereocenters. The third-order valence-electron chi connectivity index (χ3n) is 7.60. The van der Waals surface area contributed by atoms with E-state index in [4.69, 9.17) is 25.5 Å². The highest BCUT2D eigenvalue weighted by molar-refractivity contribution is 9.10. The van der Waals surface area contributed by atoms with E-state index in [1.165, 1.54) is 5.57 Å². The minimum Gasteiger partial charge on any atom is -0.475 e. The van der Waals surface area contributed by atoms with Crippen molar-refractivity contribution >= 4 is 56.2 Å². The molecule has 10 nitrogen and oxygen atoms in total. The van der Waals surface area contributed by atoms with E-state index in [1.54, 1.807) is 4.57 Å². The quantitative estimate of drug-likeness (QED) is 0.364. The molecule has 2 heterocycles. The molecular formula is C29H35BrF6N4O6. The molecule has 46 heavy (non-hydrogen) atoms. The average molecular weight is 730 g/mol. The van der Waals surface area contributed by atoms with Crippen LogP contribution in [0.25, 0.3) is 16.5 Å². The molecule has 0 unspecified atom stereocenters. The van der Waals surface area contributed by atoms with E-state index in [0.717, 1.165) is 46.1 Å². The van der Waals surface area contributed by atoms with Crippen molar-refractivity contribution in [1.29, 1.82) is 0 Å². The fourth-order valence-electron chi connectivity index (χ4n) is 5.17. The number of hydrogen-bond acceptors (Lipinski definition) is 6. The normalized spacial score (nSPS) is 18.3. The molecule has 1 aliphatic heterocycles. The Bertz CT molecular complexity index is 1480. The summed E-state index contributed by atoms with van der Waals surface area (Å²) in [6.45, 7) is 10.1. The number of alkyl halides is 6. The van der Waals surface area contributed by atoms with Crippen LogP contribution >= 0.6 is 15.9 Å². The summed E-state index contributed by atoms with van der Waals surface area (Å²) in [5, 5.41) is 15.3. The van der Waals surface area contributed by atoms with Crippen molar-refractivity contribution in [3.63, 3.8) is 0 Å². The Hall–Kier alpha value is -3.44. The van der Waals surface area contributed by atoms with Crippen molar-refractivity contribution in [3.8, 4) is 0 Å². The van der Waals surface area contributed by atoms with Gasteiger partial charge in [0, 0.05) is 31.1 Å². The molecule has 1 amide bonds. The van der Waals surface area contributed by atoms with Gasteiger partial charge in [-0.2, -0.15) is 26.3 Å². The number of hydrogen-bond donors (Lipinski definition) is 3. The van der Waals surface area contributed by atoms with E-state index in [0.29, 0.717) is 6.54 Å². The first kappa shape index (κ1) is 38.7. The van der Waals surface area contributed by atoms with Gasteiger partial charge in [-0.05, 0) is 71.9 Å². The number of aliphatic carboxylic acids is 2. The van der Waals surface area contributed by atoms with E-state index in [-0.39, 0.29) is 29.7 Å². The number of nitrogens with zero attached hydrogens (tertiary/aromatic N) is 3. The summed E-state index contributed by atoms with van der Waals surface area (Å²) < 4.78 is 66.0. The van der Waals surface area contributed by atoms with Crippen LogP contribution in [-0.2, 0) is 20.8 Å². The molecule has 0 fully saturated rings. The maximum absolute atomic E-state index is 13.3. The lowest BCUT2D eigenvalue weighted by molar-refractivity contribution is -0.193. The van der Waals surface area contributed by atoms with Gasteiger partial charge >= 0.3 is 24.3 Å². The summed E-state index contributed by atoms with van der Waals surface area (Å²) >= 11 is 3.74. The number of nitrogens with two attached hydrogens (primary N) is 1. The van der Waals surface area contributed by atoms with E-state index in [2.05, 4.69) is 40.0 Å². The van der Waals surface area contributed by atoms with Crippen molar-refractivity contribution in [2.75, 3.05) is 26.7 Å².